The average Bonchev–Trinajstić information content (AvgIpc) is 2.35. The molecule has 0 saturated carbocycles. The number of carboxylic acid groups (broad SMARTS) is 1. The average molecular weight is 319 g/mol. The molecule has 2 amide bonds. The molecule has 5 nitrogen and oxygen atoms in total. The van der Waals surface area contributed by atoms with Crippen LogP contribution in [0.4, 0.5) is 14.9 Å². The van der Waals surface area contributed by atoms with Gasteiger partial charge < -0.3 is 15.7 Å². The van der Waals surface area contributed by atoms with Crippen molar-refractivity contribution in [1.82, 2.24) is 5.32 Å². The number of terminal acetylenes is 1. The van der Waals surface area contributed by atoms with E-state index in [2.05, 4.69) is 16.6 Å². The van der Waals surface area contributed by atoms with E-state index in [1.165, 1.54) is 0 Å². The Morgan fingerprint density at radius 2 is 1.95 bits per heavy atom. The highest BCUT2D eigenvalue weighted by atomic mass is 35.5. The minimum atomic E-state index is -1.27. The van der Waals surface area contributed by atoms with Crippen molar-refractivity contribution >= 4 is 40.9 Å². The van der Waals surface area contributed by atoms with Crippen molar-refractivity contribution in [1.29, 1.82) is 0 Å². The molecule has 0 saturated heterocycles. The van der Waals surface area contributed by atoms with Gasteiger partial charge in [0.1, 0.15) is 6.04 Å². The van der Waals surface area contributed by atoms with Gasteiger partial charge >= 0.3 is 12.0 Å². The Balaban J connectivity index is 2.76. The first-order valence-electron chi connectivity index (χ1n) is 5.23. The van der Waals surface area contributed by atoms with Crippen LogP contribution in [0.25, 0.3) is 0 Å². The van der Waals surface area contributed by atoms with Crippen LogP contribution in [0.1, 0.15) is 6.42 Å². The van der Waals surface area contributed by atoms with E-state index in [0.717, 1.165) is 12.1 Å². The number of halogens is 3. The van der Waals surface area contributed by atoms with Crippen LogP contribution >= 0.6 is 23.2 Å². The highest BCUT2D eigenvalue weighted by molar-refractivity contribution is 6.35. The Bertz CT molecular complexity index is 564. The molecule has 20 heavy (non-hydrogen) atoms. The molecule has 0 heterocycles. The monoisotopic (exact) mass is 318 g/mol. The molecule has 3 N–H and O–H groups in total. The van der Waals surface area contributed by atoms with E-state index in [0.29, 0.717) is 0 Å². The molecular formula is C12H9Cl2FN2O3. The number of aliphatic carboxylic acids is 1. The normalized spacial score (nSPS) is 11.3. The van der Waals surface area contributed by atoms with Gasteiger partial charge in [-0.1, -0.05) is 23.2 Å². The Labute approximate surface area is 124 Å². The van der Waals surface area contributed by atoms with Crippen LogP contribution in [0.5, 0.6) is 0 Å². The van der Waals surface area contributed by atoms with Gasteiger partial charge in [0.15, 0.2) is 5.82 Å². The third kappa shape index (κ3) is 4.30. The molecule has 106 valence electrons. The highest BCUT2D eigenvalue weighted by Gasteiger charge is 2.19. The van der Waals surface area contributed by atoms with Crippen molar-refractivity contribution in [2.75, 3.05) is 5.32 Å². The number of anilines is 1. The van der Waals surface area contributed by atoms with Gasteiger partial charge in [-0.05, 0) is 12.1 Å². The molecule has 0 spiro atoms. The molecule has 0 fully saturated rings. The predicted molar refractivity (Wildman–Crippen MR) is 73.4 cm³/mol. The summed E-state index contributed by atoms with van der Waals surface area (Å²) in [6, 6.07) is 0.219. The smallest absolute Gasteiger partial charge is 0.327 e. The zero-order valence-electron chi connectivity index (χ0n) is 9.91. The SMILES string of the molecule is C#CCC(NC(=O)Nc1cc(Cl)c(F)c(Cl)c1)C(=O)O. The van der Waals surface area contributed by atoms with Gasteiger partial charge in [-0.25, -0.2) is 14.0 Å². The van der Waals surface area contributed by atoms with Crippen LogP contribution in [0.15, 0.2) is 12.1 Å². The predicted octanol–water partition coefficient (Wildman–Crippen LogP) is 2.73. The van der Waals surface area contributed by atoms with Crippen molar-refractivity contribution in [3.8, 4) is 12.3 Å². The number of rotatable bonds is 4. The second-order valence-electron chi connectivity index (χ2n) is 3.65. The highest BCUT2D eigenvalue weighted by Crippen LogP contribution is 2.27. The van der Waals surface area contributed by atoms with Crippen molar-refractivity contribution < 1.29 is 19.1 Å². The molecule has 0 aliphatic rings. The van der Waals surface area contributed by atoms with Gasteiger partial charge in [0.2, 0.25) is 0 Å². The fourth-order valence-corrected chi connectivity index (χ4v) is 1.76. The number of carbonyl (C=O) groups excluding carboxylic acids is 1. The fourth-order valence-electron chi connectivity index (χ4n) is 1.27. The summed E-state index contributed by atoms with van der Waals surface area (Å²) < 4.78 is 13.2. The van der Waals surface area contributed by atoms with E-state index in [4.69, 9.17) is 34.7 Å². The Morgan fingerprint density at radius 1 is 1.40 bits per heavy atom. The van der Waals surface area contributed by atoms with Crippen LogP contribution in [0.2, 0.25) is 10.0 Å². The standard InChI is InChI=1S/C12H9Cl2FN2O3/c1-2-3-9(11(18)19)17-12(20)16-6-4-7(13)10(15)8(14)5-6/h1,4-5,9H,3H2,(H,18,19)(H2,16,17,20). The van der Waals surface area contributed by atoms with Crippen molar-refractivity contribution in [2.45, 2.75) is 12.5 Å². The molecule has 1 aromatic carbocycles. The Kier molecular flexibility index (Phi) is 5.62. The van der Waals surface area contributed by atoms with Crippen molar-refractivity contribution in [2.24, 2.45) is 0 Å². The van der Waals surface area contributed by atoms with Gasteiger partial charge in [-0.15, -0.1) is 12.3 Å². The summed E-state index contributed by atoms with van der Waals surface area (Å²) in [6.07, 6.45) is 4.82. The number of carbonyl (C=O) groups is 2. The number of hydrogen-bond acceptors (Lipinski definition) is 2. The molecule has 8 heteroatoms. The number of benzene rings is 1. The van der Waals surface area contributed by atoms with E-state index in [1.54, 1.807) is 0 Å². The number of carboxylic acids is 1. The summed E-state index contributed by atoms with van der Waals surface area (Å²) in [5.41, 5.74) is 0.115. The minimum Gasteiger partial charge on any atom is -0.480 e. The number of urea groups is 1. The van der Waals surface area contributed by atoms with Gasteiger partial charge in [-0.2, -0.15) is 0 Å². The minimum absolute atomic E-state index is 0.115. The summed E-state index contributed by atoms with van der Waals surface area (Å²) >= 11 is 11.1. The molecule has 1 rings (SSSR count). The molecule has 0 bridgehead atoms. The van der Waals surface area contributed by atoms with Crippen LogP contribution in [0, 0.1) is 18.2 Å². The maximum absolute atomic E-state index is 13.2. The quantitative estimate of drug-likeness (QED) is 0.590. The first kappa shape index (κ1) is 16.1. The number of amides is 2. The zero-order valence-corrected chi connectivity index (χ0v) is 11.4. The van der Waals surface area contributed by atoms with E-state index < -0.39 is 23.9 Å². The Morgan fingerprint density at radius 3 is 2.40 bits per heavy atom. The van der Waals surface area contributed by atoms with Crippen molar-refractivity contribution in [3.63, 3.8) is 0 Å². The lowest BCUT2D eigenvalue weighted by atomic mass is 10.2. The molecule has 1 aromatic rings. The maximum Gasteiger partial charge on any atom is 0.327 e. The maximum atomic E-state index is 13.2. The number of nitrogens with one attached hydrogen (secondary N) is 2. The fraction of sp³-hybridized carbons (Fsp3) is 0.167. The topological polar surface area (TPSA) is 78.4 Å². The van der Waals surface area contributed by atoms with Crippen molar-refractivity contribution in [3.05, 3.63) is 28.0 Å². The second kappa shape index (κ2) is 6.98. The van der Waals surface area contributed by atoms with Gasteiger partial charge in [-0.3, -0.25) is 0 Å². The van der Waals surface area contributed by atoms with Crippen LogP contribution in [0.3, 0.4) is 0 Å². The summed E-state index contributed by atoms with van der Waals surface area (Å²) in [7, 11) is 0. The first-order valence-corrected chi connectivity index (χ1v) is 5.99. The zero-order chi connectivity index (χ0) is 15.3. The third-order valence-electron chi connectivity index (χ3n) is 2.17. The molecule has 1 unspecified atom stereocenters. The van der Waals surface area contributed by atoms with Crippen LogP contribution < -0.4 is 10.6 Å². The lowest BCUT2D eigenvalue weighted by Gasteiger charge is -2.13. The second-order valence-corrected chi connectivity index (χ2v) is 4.47. The van der Waals surface area contributed by atoms with Gasteiger partial charge in [0.05, 0.1) is 10.0 Å². The molecular weight excluding hydrogens is 310 g/mol. The molecule has 1 atom stereocenters. The van der Waals surface area contributed by atoms with E-state index in [9.17, 15) is 14.0 Å². The van der Waals surface area contributed by atoms with E-state index in [-0.39, 0.29) is 22.2 Å². The van der Waals surface area contributed by atoms with Crippen LogP contribution in [-0.2, 0) is 4.79 Å². The molecule has 0 aliphatic carbocycles. The summed E-state index contributed by atoms with van der Waals surface area (Å²) in [6.45, 7) is 0. The number of hydrogen-bond donors (Lipinski definition) is 3. The summed E-state index contributed by atoms with van der Waals surface area (Å²) in [5.74, 6) is 0.0486. The molecule has 0 aliphatic heterocycles. The molecule has 0 radical (unpaired) electrons. The summed E-state index contributed by atoms with van der Waals surface area (Å²) in [5, 5.41) is 12.7. The largest absolute Gasteiger partial charge is 0.480 e. The Hall–Kier alpha value is -1.97. The molecule has 0 aromatic heterocycles. The van der Waals surface area contributed by atoms with Gasteiger partial charge in [0.25, 0.3) is 0 Å². The lowest BCUT2D eigenvalue weighted by molar-refractivity contribution is -0.139. The third-order valence-corrected chi connectivity index (χ3v) is 2.72. The van der Waals surface area contributed by atoms with E-state index in [1.807, 2.05) is 0 Å². The van der Waals surface area contributed by atoms with E-state index >= 15 is 0 Å². The van der Waals surface area contributed by atoms with Gasteiger partial charge in [0, 0.05) is 12.1 Å². The first-order chi connectivity index (χ1) is 9.35. The lowest BCUT2D eigenvalue weighted by Crippen LogP contribution is -2.42. The summed E-state index contributed by atoms with van der Waals surface area (Å²) in [4.78, 5) is 22.4. The van der Waals surface area contributed by atoms with Crippen LogP contribution in [-0.4, -0.2) is 23.1 Å².